The maximum absolute atomic E-state index is 10.3. The molecule has 0 aliphatic carbocycles. The second-order valence-corrected chi connectivity index (χ2v) is 5.96. The third-order valence-electron chi connectivity index (χ3n) is 4.14. The van der Waals surface area contributed by atoms with Gasteiger partial charge >= 0.3 is 0 Å². The summed E-state index contributed by atoms with van der Waals surface area (Å²) in [5.41, 5.74) is 4.37. The Kier molecular flexibility index (Phi) is 8.20. The normalized spacial score (nSPS) is 26.1. The zero-order valence-electron chi connectivity index (χ0n) is 15.9. The van der Waals surface area contributed by atoms with Crippen LogP contribution in [-0.4, -0.2) is 69.1 Å². The van der Waals surface area contributed by atoms with Crippen molar-refractivity contribution in [1.29, 1.82) is 0 Å². The van der Waals surface area contributed by atoms with Crippen LogP contribution in [-0.2, 0) is 11.3 Å². The molecule has 10 heteroatoms. The molecule has 10 nitrogen and oxygen atoms in total. The largest absolute Gasteiger partial charge is 0.394 e. The number of hydrogen-bond acceptors (Lipinski definition) is 8. The molecule has 28 heavy (non-hydrogen) atoms. The zero-order valence-corrected chi connectivity index (χ0v) is 15.9. The molecule has 0 radical (unpaired) electrons. The molecule has 1 aromatic heterocycles. The summed E-state index contributed by atoms with van der Waals surface area (Å²) in [7, 11) is 0. The van der Waals surface area contributed by atoms with Crippen molar-refractivity contribution in [2.24, 2.45) is 15.1 Å². The quantitative estimate of drug-likeness (QED) is 0.209. The molecule has 0 saturated carbocycles. The van der Waals surface area contributed by atoms with Crippen LogP contribution in [0.1, 0.15) is 25.8 Å². The summed E-state index contributed by atoms with van der Waals surface area (Å²) in [6.07, 6.45) is 5.82. The summed E-state index contributed by atoms with van der Waals surface area (Å²) >= 11 is 0. The number of aliphatic hydroxyl groups is 3. The van der Waals surface area contributed by atoms with Crippen LogP contribution in [0.5, 0.6) is 0 Å². The highest BCUT2D eigenvalue weighted by molar-refractivity contribution is 5.81. The first-order chi connectivity index (χ1) is 13.6. The molecule has 0 spiro atoms. The fourth-order valence-electron chi connectivity index (χ4n) is 2.70. The Morgan fingerprint density at radius 1 is 1.39 bits per heavy atom. The number of hydrazone groups is 1. The molecule has 152 valence electrons. The van der Waals surface area contributed by atoms with Crippen LogP contribution in [0.3, 0.4) is 0 Å². The molecular formula is C18H26N6O4. The minimum atomic E-state index is -1.24. The maximum atomic E-state index is 10.3. The maximum Gasteiger partial charge on any atom is 0.165 e. The molecule has 1 aromatic rings. The van der Waals surface area contributed by atoms with Gasteiger partial charge in [-0.2, -0.15) is 5.10 Å². The van der Waals surface area contributed by atoms with Gasteiger partial charge in [-0.15, -0.1) is 0 Å². The van der Waals surface area contributed by atoms with Crippen molar-refractivity contribution in [3.05, 3.63) is 35.8 Å². The van der Waals surface area contributed by atoms with E-state index in [4.69, 9.17) is 4.74 Å². The van der Waals surface area contributed by atoms with E-state index in [2.05, 4.69) is 32.2 Å². The van der Waals surface area contributed by atoms with Crippen LogP contribution in [0.25, 0.3) is 0 Å². The summed E-state index contributed by atoms with van der Waals surface area (Å²) < 4.78 is 7.02. The molecule has 0 bridgehead atoms. The van der Waals surface area contributed by atoms with Crippen LogP contribution in [0.2, 0.25) is 0 Å². The van der Waals surface area contributed by atoms with E-state index in [0.29, 0.717) is 11.5 Å². The molecule has 0 amide bonds. The van der Waals surface area contributed by atoms with E-state index in [1.54, 1.807) is 6.21 Å². The van der Waals surface area contributed by atoms with Crippen LogP contribution in [0.15, 0.2) is 45.2 Å². The second-order valence-electron chi connectivity index (χ2n) is 5.96. The van der Waals surface area contributed by atoms with Gasteiger partial charge in [0.1, 0.15) is 30.3 Å². The lowest BCUT2D eigenvalue weighted by molar-refractivity contribution is -0.0520. The van der Waals surface area contributed by atoms with Crippen molar-refractivity contribution in [3.8, 4) is 0 Å². The third kappa shape index (κ3) is 4.98. The van der Waals surface area contributed by atoms with Crippen LogP contribution >= 0.6 is 0 Å². The number of aliphatic imine (C=N–C) groups is 2. The molecule has 4 N–H and O–H groups in total. The SMILES string of the molecule is C=NC=Nc1c(CN/N=C/C(/C=C\C)=C/C)ncn1[C@@H]1O[C@H](CO)[C@H](O)C1O. The smallest absolute Gasteiger partial charge is 0.165 e. The molecule has 2 heterocycles. The van der Waals surface area contributed by atoms with Crippen molar-refractivity contribution in [2.45, 2.75) is 44.9 Å². The average Bonchev–Trinajstić information content (AvgIpc) is 3.23. The van der Waals surface area contributed by atoms with Gasteiger partial charge in [0.2, 0.25) is 0 Å². The number of aromatic nitrogens is 2. The standard InChI is InChI=1S/C18H26N6O4/c1-4-6-12(5-2)7-22-23-8-13-17(20-10-19-3)24(11-21-13)18-16(27)15(26)14(9-25)28-18/h4-7,10-11,14-16,18,23,25-27H,3,8-9H2,1-2H3/b6-4-,12-5+,20-10?,22-7+/t14-,15+,16?,18-/m1/s1. The number of allylic oxidation sites excluding steroid dienone is 4. The van der Waals surface area contributed by atoms with E-state index in [1.807, 2.05) is 32.1 Å². The van der Waals surface area contributed by atoms with E-state index in [9.17, 15) is 15.3 Å². The Labute approximate surface area is 163 Å². The first-order valence-corrected chi connectivity index (χ1v) is 8.78. The molecular weight excluding hydrogens is 364 g/mol. The average molecular weight is 390 g/mol. The van der Waals surface area contributed by atoms with Gasteiger partial charge in [-0.3, -0.25) is 9.56 Å². The predicted octanol–water partition coefficient (Wildman–Crippen LogP) is 0.453. The van der Waals surface area contributed by atoms with Gasteiger partial charge in [0, 0.05) is 0 Å². The number of nitrogens with zero attached hydrogens (tertiary/aromatic N) is 5. The highest BCUT2D eigenvalue weighted by Gasteiger charge is 2.44. The number of aliphatic hydroxyl groups excluding tert-OH is 3. The molecule has 1 aliphatic rings. The minimum Gasteiger partial charge on any atom is -0.394 e. The lowest BCUT2D eigenvalue weighted by atomic mass is 10.1. The van der Waals surface area contributed by atoms with Crippen LogP contribution in [0, 0.1) is 0 Å². The monoisotopic (exact) mass is 390 g/mol. The van der Waals surface area contributed by atoms with Crippen LogP contribution < -0.4 is 5.43 Å². The highest BCUT2D eigenvalue weighted by Crippen LogP contribution is 2.33. The Balaban J connectivity index is 2.19. The van der Waals surface area contributed by atoms with Crippen molar-refractivity contribution >= 4 is 25.1 Å². The predicted molar refractivity (Wildman–Crippen MR) is 107 cm³/mol. The van der Waals surface area contributed by atoms with Crippen LogP contribution in [0.4, 0.5) is 5.82 Å². The van der Waals surface area contributed by atoms with Crippen molar-refractivity contribution in [1.82, 2.24) is 15.0 Å². The minimum absolute atomic E-state index is 0.259. The lowest BCUT2D eigenvalue weighted by Gasteiger charge is -2.17. The number of rotatable bonds is 9. The van der Waals surface area contributed by atoms with Gasteiger partial charge in [-0.1, -0.05) is 18.2 Å². The van der Waals surface area contributed by atoms with E-state index in [-0.39, 0.29) is 6.54 Å². The zero-order chi connectivity index (χ0) is 20.5. The summed E-state index contributed by atoms with van der Waals surface area (Å²) in [5.74, 6) is 0.365. The fourth-order valence-corrected chi connectivity index (χ4v) is 2.70. The molecule has 2 rings (SSSR count). The number of nitrogens with one attached hydrogen (secondary N) is 1. The second kappa shape index (κ2) is 10.6. The highest BCUT2D eigenvalue weighted by atomic mass is 16.6. The number of hydrogen-bond donors (Lipinski definition) is 4. The Morgan fingerprint density at radius 2 is 2.18 bits per heavy atom. The Bertz CT molecular complexity index is 770. The van der Waals surface area contributed by atoms with Crippen molar-refractivity contribution in [2.75, 3.05) is 6.61 Å². The van der Waals surface area contributed by atoms with Crippen molar-refractivity contribution < 1.29 is 20.1 Å². The van der Waals surface area contributed by atoms with E-state index < -0.39 is 31.1 Å². The first-order valence-electron chi connectivity index (χ1n) is 8.78. The molecule has 4 atom stereocenters. The number of ether oxygens (including phenoxy) is 1. The van der Waals surface area contributed by atoms with Gasteiger partial charge in [-0.05, 0) is 26.1 Å². The summed E-state index contributed by atoms with van der Waals surface area (Å²) in [6.45, 7) is 7.04. The first kappa shape index (κ1) is 21.6. The summed E-state index contributed by atoms with van der Waals surface area (Å²) in [4.78, 5) is 12.1. The van der Waals surface area contributed by atoms with Gasteiger partial charge in [0.15, 0.2) is 12.0 Å². The Morgan fingerprint density at radius 3 is 2.79 bits per heavy atom. The lowest BCUT2D eigenvalue weighted by Crippen LogP contribution is -2.33. The molecule has 1 unspecified atom stereocenters. The fraction of sp³-hybridized carbons (Fsp3) is 0.444. The van der Waals surface area contributed by atoms with Gasteiger partial charge in [-0.25, -0.2) is 9.98 Å². The molecule has 1 aliphatic heterocycles. The molecule has 1 saturated heterocycles. The van der Waals surface area contributed by atoms with E-state index in [1.165, 1.54) is 17.2 Å². The van der Waals surface area contributed by atoms with Crippen molar-refractivity contribution in [3.63, 3.8) is 0 Å². The number of imidazole rings is 1. The van der Waals surface area contributed by atoms with E-state index >= 15 is 0 Å². The molecule has 1 fully saturated rings. The molecule has 0 aromatic carbocycles. The van der Waals surface area contributed by atoms with Gasteiger partial charge < -0.3 is 25.5 Å². The Hall–Kier alpha value is -2.66. The van der Waals surface area contributed by atoms with Gasteiger partial charge in [0.25, 0.3) is 0 Å². The summed E-state index contributed by atoms with van der Waals surface area (Å²) in [6, 6.07) is 0. The van der Waals surface area contributed by atoms with Gasteiger partial charge in [0.05, 0.1) is 25.7 Å². The topological polar surface area (TPSA) is 137 Å². The third-order valence-corrected chi connectivity index (χ3v) is 4.14. The summed E-state index contributed by atoms with van der Waals surface area (Å²) in [5, 5.41) is 33.7. The van der Waals surface area contributed by atoms with E-state index in [0.717, 1.165) is 5.57 Å².